The summed E-state index contributed by atoms with van der Waals surface area (Å²) in [6.45, 7) is 32.0. The molecule has 1 aromatic heterocycles. The summed E-state index contributed by atoms with van der Waals surface area (Å²) >= 11 is 1.27. The number of amides is 1. The first-order chi connectivity index (χ1) is 18.8. The number of fused-ring (bicyclic) bond motifs is 1. The van der Waals surface area contributed by atoms with Crippen molar-refractivity contribution in [3.63, 3.8) is 0 Å². The van der Waals surface area contributed by atoms with E-state index in [0.717, 1.165) is 26.3 Å². The number of carbonyl (C=O) groups excluding carboxylic acids is 1. The second-order valence-corrected chi connectivity index (χ2v) is 14.7. The van der Waals surface area contributed by atoms with Crippen molar-refractivity contribution in [3.05, 3.63) is 104 Å². The normalized spacial score (nSPS) is 17.0. The molecule has 0 N–H and O–H groups in total. The summed E-state index contributed by atoms with van der Waals surface area (Å²) in [4.78, 5) is 13.3. The number of benzene rings is 1. The van der Waals surface area contributed by atoms with Gasteiger partial charge in [-0.05, 0) is 0 Å². The third kappa shape index (κ3) is 9.08. The molecule has 0 aliphatic carbocycles. The molecule has 2 aliphatic rings. The van der Waals surface area contributed by atoms with Crippen LogP contribution in [-0.2, 0) is 52.1 Å². The monoisotopic (exact) mass is 718 g/mol. The Morgan fingerprint density at radius 1 is 0.974 bits per heavy atom. The van der Waals surface area contributed by atoms with Crippen LogP contribution in [-0.4, -0.2) is 34.7 Å². The van der Waals surface area contributed by atoms with Crippen molar-refractivity contribution in [1.82, 2.24) is 10.0 Å². The Hall–Kier alpha value is -2.89. The van der Waals surface area contributed by atoms with Crippen LogP contribution in [0.3, 0.4) is 0 Å². The molecule has 1 saturated heterocycles. The predicted molar refractivity (Wildman–Crippen MR) is 131 cm³/mol. The summed E-state index contributed by atoms with van der Waals surface area (Å²) in [5.41, 5.74) is 2.28. The molecule has 10 nitrogen and oxygen atoms in total. The number of nitrogens with zero attached hydrogens (tertiary/aromatic N) is 2. The van der Waals surface area contributed by atoms with Crippen LogP contribution in [0.4, 0.5) is 0 Å². The van der Waals surface area contributed by atoms with E-state index in [-0.39, 0.29) is 18.0 Å². The fourth-order valence-electron chi connectivity index (χ4n) is 4.33. The summed E-state index contributed by atoms with van der Waals surface area (Å²) in [6, 6.07) is 14.1. The molecule has 3 heterocycles. The Kier molecular flexibility index (Phi) is 19.7. The average Bonchev–Trinajstić information content (AvgIpc) is 3.71. The van der Waals surface area contributed by atoms with Gasteiger partial charge >= 0.3 is 241 Å². The minimum absolute atomic E-state index is 0.0212. The van der Waals surface area contributed by atoms with Gasteiger partial charge in [0.1, 0.15) is 0 Å². The van der Waals surface area contributed by atoms with Gasteiger partial charge in [-0.1, -0.05) is 0 Å². The van der Waals surface area contributed by atoms with Crippen LogP contribution in [0.1, 0.15) is 36.8 Å². The van der Waals surface area contributed by atoms with E-state index >= 15 is 0 Å². The topological polar surface area (TPSA) is 145 Å². The minimum atomic E-state index is -1.88. The molecule has 1 fully saturated rings. The molecule has 2 aromatic rings. The fourth-order valence-corrected chi connectivity index (χ4v) is 7.79. The second-order valence-electron chi connectivity index (χ2n) is 8.37. The maximum atomic E-state index is 13.3. The molecule has 12 heteroatoms. The van der Waals surface area contributed by atoms with E-state index in [2.05, 4.69) is 70.0 Å². The van der Waals surface area contributed by atoms with Gasteiger partial charge in [-0.2, -0.15) is 0 Å². The zero-order chi connectivity index (χ0) is 30.8. The first kappa shape index (κ1) is 38.3. The van der Waals surface area contributed by atoms with Crippen LogP contribution in [0.2, 0.25) is 19.6 Å². The van der Waals surface area contributed by atoms with Gasteiger partial charge < -0.3 is 0 Å². The predicted octanol–water partition coefficient (Wildman–Crippen LogP) is 4.18. The molecule has 1 amide bonds. The van der Waals surface area contributed by atoms with E-state index in [9.17, 15) is 4.79 Å². The zero-order valence-electron chi connectivity index (χ0n) is 21.8. The van der Waals surface area contributed by atoms with Crippen molar-refractivity contribution in [1.29, 1.82) is 0 Å². The molecular weight excluding hydrogens is 692 g/mol. The van der Waals surface area contributed by atoms with Gasteiger partial charge in [0.05, 0.1) is 0 Å². The molecule has 1 aromatic carbocycles. The molecule has 2 atom stereocenters. The molecule has 0 bridgehead atoms. The zero-order valence-corrected chi connectivity index (χ0v) is 25.7. The van der Waals surface area contributed by atoms with Gasteiger partial charge in [-0.25, -0.2) is 0 Å². The number of hydrogen-bond donors (Lipinski definition) is 0. The van der Waals surface area contributed by atoms with Gasteiger partial charge in [-0.15, -0.1) is 0 Å². The van der Waals surface area contributed by atoms with Crippen LogP contribution < -0.4 is 0 Å². The standard InChI is InChI=1S/C22H26N2O3Si.5CO.W/c1-5-26-15-17-21(19-12-9-13-27-19)23-18(16-10-7-6-8-11-16)14-20(25)24(23)22(17)28(2,3)4;5*1-2;/h6-13,18,21H,5,14H2,1-4H3;;;;;;/t18-,21+;;;;;;/m0....../s1. The number of furan rings is 1. The van der Waals surface area contributed by atoms with Crippen LogP contribution in [0.5, 0.6) is 0 Å². The quantitative estimate of drug-likeness (QED) is 0.251. The third-order valence-corrected chi connectivity index (χ3v) is 8.48. The van der Waals surface area contributed by atoms with Crippen molar-refractivity contribution in [2.45, 2.75) is 45.1 Å². The summed E-state index contributed by atoms with van der Waals surface area (Å²) < 4.78 is 50.4. The maximum absolute atomic E-state index is 13.3. The van der Waals surface area contributed by atoms with E-state index in [4.69, 9.17) is 32.4 Å². The second kappa shape index (κ2) is 20.1. The Balaban J connectivity index is 0. The Morgan fingerprint density at radius 2 is 1.51 bits per heavy atom. The number of hydrogen-bond acceptors (Lipinski definition) is 4. The molecule has 2 aliphatic heterocycles. The fraction of sp³-hybridized carbons (Fsp3) is 0.296. The average molecular weight is 718 g/mol. The van der Waals surface area contributed by atoms with Gasteiger partial charge in [0.2, 0.25) is 0 Å². The van der Waals surface area contributed by atoms with Crippen LogP contribution in [0.15, 0.2) is 64.0 Å². The Labute approximate surface area is 240 Å². The summed E-state index contributed by atoms with van der Waals surface area (Å²) in [5.74, 6) is 1.01. The number of carbonyl (C=O) groups is 1. The molecule has 0 unspecified atom stereocenters. The van der Waals surface area contributed by atoms with E-state index in [0.29, 0.717) is 13.0 Å². The van der Waals surface area contributed by atoms with Crippen molar-refractivity contribution in [2.24, 2.45) is 0 Å². The van der Waals surface area contributed by atoms with Crippen molar-refractivity contribution in [3.8, 4) is 0 Å². The van der Waals surface area contributed by atoms with E-state index in [1.165, 1.54) is 19.4 Å². The number of ether oxygens (including phenoxy) is 1. The number of hydrazine groups is 1. The Bertz CT molecular complexity index is 1140. The van der Waals surface area contributed by atoms with E-state index in [1.54, 1.807) is 6.26 Å². The van der Waals surface area contributed by atoms with Crippen LogP contribution in [0.25, 0.3) is 0 Å². The first-order valence-electron chi connectivity index (χ1n) is 11.0. The SMILES string of the molecule is CCO[C](=[W])C1=C([Si](C)(C)C)N2C(=O)C[C@@H](c3ccccc3)N2[C@H]1c1ccco1.[C-]#[O+].[C-]#[O+].[C-]#[O+].[C-]#[O+].[C-]#[O+]. The van der Waals surface area contributed by atoms with Gasteiger partial charge in [0, 0.05) is 0 Å². The summed E-state index contributed by atoms with van der Waals surface area (Å²) in [7, 11) is -1.88. The van der Waals surface area contributed by atoms with Gasteiger partial charge in [0.25, 0.3) is 0 Å². The Morgan fingerprint density at radius 3 is 1.95 bits per heavy atom. The van der Waals surface area contributed by atoms with E-state index < -0.39 is 8.07 Å². The van der Waals surface area contributed by atoms with Gasteiger partial charge in [0.15, 0.2) is 0 Å². The molecule has 0 saturated carbocycles. The molecule has 202 valence electrons. The molecule has 39 heavy (non-hydrogen) atoms. The molecule has 4 rings (SSSR count). The van der Waals surface area contributed by atoms with Gasteiger partial charge in [-0.3, -0.25) is 0 Å². The van der Waals surface area contributed by atoms with Crippen molar-refractivity contribution in [2.75, 3.05) is 6.61 Å². The van der Waals surface area contributed by atoms with Crippen molar-refractivity contribution < 1.29 is 56.6 Å². The van der Waals surface area contributed by atoms with Crippen LogP contribution >= 0.6 is 0 Å². The van der Waals surface area contributed by atoms with E-state index in [1.807, 2.05) is 42.3 Å². The molecule has 0 spiro atoms. The molecule has 0 radical (unpaired) electrons. The third-order valence-electron chi connectivity index (χ3n) is 5.36. The summed E-state index contributed by atoms with van der Waals surface area (Å²) in [5, 5.41) is 5.36. The first-order valence-corrected chi connectivity index (χ1v) is 15.9. The molecular formula is C27H26N2O8SiW. The number of rotatable bonds is 6. The van der Waals surface area contributed by atoms with Crippen molar-refractivity contribution >= 4 is 18.1 Å². The summed E-state index contributed by atoms with van der Waals surface area (Å²) in [6.07, 6.45) is 2.19. The van der Waals surface area contributed by atoms with Crippen LogP contribution in [0, 0.1) is 33.3 Å².